The van der Waals surface area contributed by atoms with Crippen molar-refractivity contribution in [3.05, 3.63) is 24.1 Å². The molecule has 0 saturated heterocycles. The third-order valence-corrected chi connectivity index (χ3v) is 2.71. The first-order valence-corrected chi connectivity index (χ1v) is 6.16. The Morgan fingerprint density at radius 3 is 2.81 bits per heavy atom. The summed E-state index contributed by atoms with van der Waals surface area (Å²) < 4.78 is 36.1. The second-order valence-electron chi connectivity index (χ2n) is 3.58. The summed E-state index contributed by atoms with van der Waals surface area (Å²) in [5.41, 5.74) is 0. The Kier molecular flexibility index (Phi) is 4.34. The molecule has 0 spiro atoms. The van der Waals surface area contributed by atoms with Crippen LogP contribution in [0, 0.1) is 11.7 Å². The Labute approximate surface area is 93.7 Å². The van der Waals surface area contributed by atoms with Gasteiger partial charge in [-0.15, -0.1) is 0 Å². The van der Waals surface area contributed by atoms with Crippen molar-refractivity contribution in [3.8, 4) is 0 Å². The van der Waals surface area contributed by atoms with Crippen molar-refractivity contribution in [3.63, 3.8) is 0 Å². The van der Waals surface area contributed by atoms with Gasteiger partial charge >= 0.3 is 0 Å². The van der Waals surface area contributed by atoms with E-state index in [2.05, 4.69) is 4.98 Å². The van der Waals surface area contributed by atoms with Crippen LogP contribution < -0.4 is 4.89 Å². The number of rotatable bonds is 5. The van der Waals surface area contributed by atoms with Gasteiger partial charge in [0.25, 0.3) is 10.0 Å². The fourth-order valence-corrected chi connectivity index (χ4v) is 1.71. The fraction of sp³-hybridized carbons (Fsp3) is 0.444. The molecule has 0 fully saturated rings. The number of nitrogens with zero attached hydrogens (tertiary/aromatic N) is 1. The summed E-state index contributed by atoms with van der Waals surface area (Å²) in [6, 6.07) is 2.33. The second-order valence-corrected chi connectivity index (χ2v) is 5.14. The molecule has 1 aromatic rings. The normalized spacial score (nSPS) is 12.0. The van der Waals surface area contributed by atoms with E-state index in [0.29, 0.717) is 0 Å². The molecule has 0 aromatic carbocycles. The largest absolute Gasteiger partial charge is 0.287 e. The number of aromatic nitrogens is 1. The van der Waals surface area contributed by atoms with Gasteiger partial charge < -0.3 is 0 Å². The first-order chi connectivity index (χ1) is 7.43. The monoisotopic (exact) mass is 248 g/mol. The van der Waals surface area contributed by atoms with Gasteiger partial charge in [-0.05, 0) is 18.1 Å². The van der Waals surface area contributed by atoms with Gasteiger partial charge in [0.05, 0.1) is 6.61 Å². The maximum absolute atomic E-state index is 13.1. The van der Waals surface area contributed by atoms with Gasteiger partial charge in [0.15, 0.2) is 5.82 Å². The van der Waals surface area contributed by atoms with Gasteiger partial charge in [-0.25, -0.2) is 17.8 Å². The summed E-state index contributed by atoms with van der Waals surface area (Å²) in [5, 5.41) is -0.668. The second kappa shape index (κ2) is 5.33. The quantitative estimate of drug-likeness (QED) is 0.792. The minimum Gasteiger partial charge on any atom is -0.287 e. The third-order valence-electron chi connectivity index (χ3n) is 1.56. The van der Waals surface area contributed by atoms with Crippen molar-refractivity contribution < 1.29 is 17.6 Å². The molecule has 1 N–H and O–H groups in total. The average Bonchev–Trinajstić information content (AvgIpc) is 2.17. The molecular formula is C9H13FN2O3S. The molecule has 5 nitrogen and oxygen atoms in total. The SMILES string of the molecule is CC(C)CONS(=O)(=O)c1ncccc1F. The Hall–Kier alpha value is -1.05. The van der Waals surface area contributed by atoms with E-state index in [1.165, 1.54) is 12.3 Å². The molecule has 16 heavy (non-hydrogen) atoms. The van der Waals surface area contributed by atoms with Gasteiger partial charge in [-0.3, -0.25) is 4.84 Å². The van der Waals surface area contributed by atoms with E-state index in [4.69, 9.17) is 4.84 Å². The third kappa shape index (κ3) is 3.51. The smallest absolute Gasteiger partial charge is 0.282 e. The molecular weight excluding hydrogens is 235 g/mol. The molecule has 0 aliphatic carbocycles. The van der Waals surface area contributed by atoms with E-state index in [-0.39, 0.29) is 12.5 Å². The standard InChI is InChI=1S/C9H13FN2O3S/c1-7(2)6-15-12-16(13,14)9-8(10)4-3-5-11-9/h3-5,7,12H,6H2,1-2H3. The van der Waals surface area contributed by atoms with E-state index in [1.54, 1.807) is 0 Å². The predicted molar refractivity (Wildman–Crippen MR) is 55.3 cm³/mol. The summed E-state index contributed by atoms with van der Waals surface area (Å²) >= 11 is 0. The lowest BCUT2D eigenvalue weighted by Crippen LogP contribution is -2.27. The Morgan fingerprint density at radius 2 is 2.25 bits per heavy atom. The van der Waals surface area contributed by atoms with E-state index in [0.717, 1.165) is 6.07 Å². The van der Waals surface area contributed by atoms with Gasteiger partial charge in [0.2, 0.25) is 5.03 Å². The van der Waals surface area contributed by atoms with Crippen molar-refractivity contribution in [1.29, 1.82) is 0 Å². The Bertz CT molecular complexity index is 448. The molecule has 1 aromatic heterocycles. The van der Waals surface area contributed by atoms with Crippen LogP contribution in [0.25, 0.3) is 0 Å². The lowest BCUT2D eigenvalue weighted by molar-refractivity contribution is 0.0715. The molecule has 0 bridgehead atoms. The van der Waals surface area contributed by atoms with E-state index < -0.39 is 20.9 Å². The molecule has 7 heteroatoms. The zero-order chi connectivity index (χ0) is 12.2. The van der Waals surface area contributed by atoms with Gasteiger partial charge in [0.1, 0.15) is 0 Å². The van der Waals surface area contributed by atoms with Crippen molar-refractivity contribution in [1.82, 2.24) is 9.87 Å². The van der Waals surface area contributed by atoms with Crippen molar-refractivity contribution in [2.45, 2.75) is 18.9 Å². The van der Waals surface area contributed by atoms with Gasteiger partial charge in [-0.1, -0.05) is 18.7 Å². The number of hydrogen-bond donors (Lipinski definition) is 1. The maximum Gasteiger partial charge on any atom is 0.282 e. The van der Waals surface area contributed by atoms with E-state index in [9.17, 15) is 12.8 Å². The van der Waals surface area contributed by atoms with Crippen LogP contribution in [-0.2, 0) is 14.9 Å². The molecule has 0 atom stereocenters. The number of hydrogen-bond acceptors (Lipinski definition) is 4. The highest BCUT2D eigenvalue weighted by molar-refractivity contribution is 7.89. The maximum atomic E-state index is 13.1. The van der Waals surface area contributed by atoms with Crippen molar-refractivity contribution >= 4 is 10.0 Å². The van der Waals surface area contributed by atoms with Crippen molar-refractivity contribution in [2.75, 3.05) is 6.61 Å². The van der Waals surface area contributed by atoms with Crippen molar-refractivity contribution in [2.24, 2.45) is 5.92 Å². The van der Waals surface area contributed by atoms with E-state index >= 15 is 0 Å². The highest BCUT2D eigenvalue weighted by Crippen LogP contribution is 2.09. The zero-order valence-electron chi connectivity index (χ0n) is 8.97. The molecule has 0 amide bonds. The molecule has 0 saturated carbocycles. The molecule has 0 radical (unpaired) electrons. The first kappa shape index (κ1) is 13.0. The summed E-state index contributed by atoms with van der Waals surface area (Å²) in [6.45, 7) is 3.92. The van der Waals surface area contributed by atoms with Crippen LogP contribution in [0.15, 0.2) is 23.4 Å². The molecule has 0 unspecified atom stereocenters. The minimum absolute atomic E-state index is 0.163. The molecule has 0 aliphatic heterocycles. The number of pyridine rings is 1. The minimum atomic E-state index is -4.04. The fourth-order valence-electron chi connectivity index (χ4n) is 0.887. The summed E-state index contributed by atoms with van der Waals surface area (Å²) in [7, 11) is -4.04. The number of nitrogens with one attached hydrogen (secondary N) is 1. The van der Waals surface area contributed by atoms with Crippen LogP contribution in [0.5, 0.6) is 0 Å². The molecule has 0 aliphatic rings. The Morgan fingerprint density at radius 1 is 1.56 bits per heavy atom. The van der Waals surface area contributed by atoms with Crippen LogP contribution in [0.4, 0.5) is 4.39 Å². The summed E-state index contributed by atoms with van der Waals surface area (Å²) in [5.74, 6) is -0.751. The number of sulfonamides is 1. The summed E-state index contributed by atoms with van der Waals surface area (Å²) in [4.78, 5) is 9.98. The number of halogens is 1. The molecule has 1 rings (SSSR count). The predicted octanol–water partition coefficient (Wildman–Crippen LogP) is 1.09. The van der Waals surface area contributed by atoms with E-state index in [1.807, 2.05) is 18.7 Å². The van der Waals surface area contributed by atoms with Crippen LogP contribution in [0.2, 0.25) is 0 Å². The van der Waals surface area contributed by atoms with Crippen LogP contribution in [-0.4, -0.2) is 20.0 Å². The van der Waals surface area contributed by atoms with Gasteiger partial charge in [-0.2, -0.15) is 0 Å². The van der Waals surface area contributed by atoms with Crippen LogP contribution >= 0.6 is 0 Å². The average molecular weight is 248 g/mol. The molecule has 90 valence electrons. The topological polar surface area (TPSA) is 68.3 Å². The first-order valence-electron chi connectivity index (χ1n) is 4.67. The molecule has 1 heterocycles. The van der Waals surface area contributed by atoms with Crippen LogP contribution in [0.3, 0.4) is 0 Å². The Balaban J connectivity index is 2.75. The van der Waals surface area contributed by atoms with Gasteiger partial charge in [0, 0.05) is 6.20 Å². The van der Waals surface area contributed by atoms with Crippen LogP contribution in [0.1, 0.15) is 13.8 Å². The lowest BCUT2D eigenvalue weighted by Gasteiger charge is -2.08. The highest BCUT2D eigenvalue weighted by Gasteiger charge is 2.20. The summed E-state index contributed by atoms with van der Waals surface area (Å²) in [6.07, 6.45) is 1.19. The highest BCUT2D eigenvalue weighted by atomic mass is 32.2. The zero-order valence-corrected chi connectivity index (χ0v) is 9.79. The lowest BCUT2D eigenvalue weighted by atomic mass is 10.2.